The van der Waals surface area contributed by atoms with E-state index in [0.29, 0.717) is 11.5 Å². The van der Waals surface area contributed by atoms with Crippen LogP contribution in [-0.2, 0) is 0 Å². The number of nitrogens with two attached hydrogens (primary N) is 1. The zero-order valence-electron chi connectivity index (χ0n) is 12.0. The lowest BCUT2D eigenvalue weighted by Gasteiger charge is -2.25. The summed E-state index contributed by atoms with van der Waals surface area (Å²) in [5.41, 5.74) is 6.81. The maximum atomic E-state index is 10.9. The van der Waals surface area contributed by atoms with Gasteiger partial charge in [0.1, 0.15) is 0 Å². The number of hydrogen-bond donors (Lipinski definition) is 2. The number of non-ortho nitro benzene ring substituents is 1. The maximum absolute atomic E-state index is 10.9. The Morgan fingerprint density at radius 2 is 2.24 bits per heavy atom. The molecule has 1 atom stereocenters. The fraction of sp³-hybridized carbons (Fsp3) is 0.500. The molecule has 7 nitrogen and oxygen atoms in total. The average molecular weight is 292 g/mol. The minimum absolute atomic E-state index is 0.0662. The number of nitrogens with zero attached hydrogens (tertiary/aromatic N) is 3. The molecule has 0 aromatic heterocycles. The molecule has 1 aromatic carbocycles. The van der Waals surface area contributed by atoms with Crippen LogP contribution < -0.4 is 10.6 Å². The number of rotatable bonds is 3. The Bertz CT molecular complexity index is 559. The SMILES string of the molecule is CC1CCCN(c2ccc([N+](=O)[O-])cc2C(N)=NO)CC1. The van der Waals surface area contributed by atoms with Crippen LogP contribution in [0.1, 0.15) is 31.7 Å². The van der Waals surface area contributed by atoms with E-state index >= 15 is 0 Å². The molecule has 2 rings (SSSR count). The lowest BCUT2D eigenvalue weighted by Crippen LogP contribution is -2.27. The van der Waals surface area contributed by atoms with Gasteiger partial charge < -0.3 is 15.8 Å². The molecule has 0 radical (unpaired) electrons. The molecule has 0 aliphatic carbocycles. The van der Waals surface area contributed by atoms with Crippen molar-refractivity contribution < 1.29 is 10.1 Å². The largest absolute Gasteiger partial charge is 0.409 e. The highest BCUT2D eigenvalue weighted by Gasteiger charge is 2.20. The van der Waals surface area contributed by atoms with Gasteiger partial charge in [-0.05, 0) is 31.2 Å². The molecule has 0 amide bonds. The van der Waals surface area contributed by atoms with Gasteiger partial charge in [-0.3, -0.25) is 10.1 Å². The van der Waals surface area contributed by atoms with E-state index in [1.54, 1.807) is 6.07 Å². The van der Waals surface area contributed by atoms with Crippen molar-refractivity contribution in [1.29, 1.82) is 0 Å². The van der Waals surface area contributed by atoms with Gasteiger partial charge in [-0.15, -0.1) is 0 Å². The minimum atomic E-state index is -0.484. The molecule has 1 unspecified atom stereocenters. The Morgan fingerprint density at radius 3 is 2.90 bits per heavy atom. The van der Waals surface area contributed by atoms with Crippen LogP contribution in [0.5, 0.6) is 0 Å². The van der Waals surface area contributed by atoms with Crippen LogP contribution in [0.15, 0.2) is 23.4 Å². The zero-order valence-corrected chi connectivity index (χ0v) is 12.0. The third-order valence-corrected chi connectivity index (χ3v) is 3.93. The van der Waals surface area contributed by atoms with Gasteiger partial charge in [-0.2, -0.15) is 0 Å². The smallest absolute Gasteiger partial charge is 0.270 e. The van der Waals surface area contributed by atoms with Crippen molar-refractivity contribution in [2.24, 2.45) is 16.8 Å². The summed E-state index contributed by atoms with van der Waals surface area (Å²) < 4.78 is 0. The van der Waals surface area contributed by atoms with E-state index in [9.17, 15) is 10.1 Å². The van der Waals surface area contributed by atoms with E-state index in [4.69, 9.17) is 10.9 Å². The lowest BCUT2D eigenvalue weighted by atomic mass is 10.0. The van der Waals surface area contributed by atoms with Gasteiger partial charge in [0, 0.05) is 30.9 Å². The number of benzene rings is 1. The molecule has 1 fully saturated rings. The highest BCUT2D eigenvalue weighted by molar-refractivity contribution is 6.02. The van der Waals surface area contributed by atoms with Crippen LogP contribution in [0.25, 0.3) is 0 Å². The number of nitro groups is 1. The van der Waals surface area contributed by atoms with Crippen LogP contribution in [0.3, 0.4) is 0 Å². The second-order valence-corrected chi connectivity index (χ2v) is 5.47. The van der Waals surface area contributed by atoms with Gasteiger partial charge in [-0.25, -0.2) is 0 Å². The van der Waals surface area contributed by atoms with E-state index in [2.05, 4.69) is 17.0 Å². The summed E-state index contributed by atoms with van der Waals surface area (Å²) in [5.74, 6) is 0.561. The van der Waals surface area contributed by atoms with Crippen LogP contribution in [-0.4, -0.2) is 29.1 Å². The van der Waals surface area contributed by atoms with Crippen LogP contribution in [0.4, 0.5) is 11.4 Å². The summed E-state index contributed by atoms with van der Waals surface area (Å²) in [6.07, 6.45) is 3.29. The van der Waals surface area contributed by atoms with Crippen LogP contribution in [0, 0.1) is 16.0 Å². The molecular formula is C14H20N4O3. The van der Waals surface area contributed by atoms with Crippen molar-refractivity contribution in [1.82, 2.24) is 0 Å². The van der Waals surface area contributed by atoms with Crippen LogP contribution in [0.2, 0.25) is 0 Å². The number of nitro benzene ring substituents is 1. The quantitative estimate of drug-likeness (QED) is 0.292. The van der Waals surface area contributed by atoms with Crippen molar-refractivity contribution in [3.05, 3.63) is 33.9 Å². The van der Waals surface area contributed by atoms with Crippen molar-refractivity contribution >= 4 is 17.2 Å². The van der Waals surface area contributed by atoms with Crippen molar-refractivity contribution in [2.45, 2.75) is 26.2 Å². The van der Waals surface area contributed by atoms with E-state index in [1.807, 2.05) is 0 Å². The van der Waals surface area contributed by atoms with Crippen LogP contribution >= 0.6 is 0 Å². The van der Waals surface area contributed by atoms with E-state index in [1.165, 1.54) is 18.6 Å². The summed E-state index contributed by atoms with van der Waals surface area (Å²) in [7, 11) is 0. The van der Waals surface area contributed by atoms with Gasteiger partial charge in [0.05, 0.1) is 10.5 Å². The van der Waals surface area contributed by atoms with Gasteiger partial charge in [0.2, 0.25) is 0 Å². The molecule has 21 heavy (non-hydrogen) atoms. The second-order valence-electron chi connectivity index (χ2n) is 5.47. The molecule has 7 heteroatoms. The molecule has 0 spiro atoms. The standard InChI is InChI=1S/C14H20N4O3/c1-10-3-2-7-17(8-6-10)13-5-4-11(18(20)21)9-12(13)14(15)16-19/h4-5,9-10,19H,2-3,6-8H2,1H3,(H2,15,16). The molecule has 1 aliphatic rings. The number of hydrogen-bond acceptors (Lipinski definition) is 5. The summed E-state index contributed by atoms with van der Waals surface area (Å²) in [5, 5.41) is 22.8. The summed E-state index contributed by atoms with van der Waals surface area (Å²) in [6, 6.07) is 4.50. The Morgan fingerprint density at radius 1 is 1.48 bits per heavy atom. The third kappa shape index (κ3) is 3.42. The highest BCUT2D eigenvalue weighted by atomic mass is 16.6. The second kappa shape index (κ2) is 6.43. The Hall–Kier alpha value is -2.31. The fourth-order valence-corrected chi connectivity index (χ4v) is 2.68. The molecule has 1 saturated heterocycles. The van der Waals surface area contributed by atoms with Crippen molar-refractivity contribution in [3.63, 3.8) is 0 Å². The zero-order chi connectivity index (χ0) is 15.4. The van der Waals surface area contributed by atoms with E-state index in [-0.39, 0.29) is 11.5 Å². The first-order valence-corrected chi connectivity index (χ1v) is 7.04. The average Bonchev–Trinajstić information content (AvgIpc) is 2.70. The Kier molecular flexibility index (Phi) is 4.62. The fourth-order valence-electron chi connectivity index (χ4n) is 2.68. The van der Waals surface area contributed by atoms with E-state index in [0.717, 1.165) is 31.6 Å². The number of anilines is 1. The normalized spacial score (nSPS) is 20.1. The monoisotopic (exact) mass is 292 g/mol. The predicted octanol–water partition coefficient (Wildman–Crippen LogP) is 2.32. The van der Waals surface area contributed by atoms with E-state index < -0.39 is 4.92 Å². The molecule has 0 bridgehead atoms. The molecular weight excluding hydrogens is 272 g/mol. The molecule has 0 saturated carbocycles. The predicted molar refractivity (Wildman–Crippen MR) is 80.8 cm³/mol. The van der Waals surface area contributed by atoms with Crippen molar-refractivity contribution in [3.8, 4) is 0 Å². The number of oxime groups is 1. The van der Waals surface area contributed by atoms with Crippen molar-refractivity contribution in [2.75, 3.05) is 18.0 Å². The molecule has 1 aliphatic heterocycles. The Labute approximate surface area is 123 Å². The molecule has 1 aromatic rings. The van der Waals surface area contributed by atoms with Gasteiger partial charge in [-0.1, -0.05) is 12.1 Å². The maximum Gasteiger partial charge on any atom is 0.270 e. The topological polar surface area (TPSA) is 105 Å². The lowest BCUT2D eigenvalue weighted by molar-refractivity contribution is -0.384. The summed E-state index contributed by atoms with van der Waals surface area (Å²) in [6.45, 7) is 3.96. The first-order valence-electron chi connectivity index (χ1n) is 7.04. The number of amidine groups is 1. The molecule has 1 heterocycles. The minimum Gasteiger partial charge on any atom is -0.409 e. The third-order valence-electron chi connectivity index (χ3n) is 3.93. The first-order chi connectivity index (χ1) is 10.0. The molecule has 114 valence electrons. The first kappa shape index (κ1) is 15.1. The van der Waals surface area contributed by atoms with Gasteiger partial charge in [0.15, 0.2) is 5.84 Å². The van der Waals surface area contributed by atoms with Gasteiger partial charge >= 0.3 is 0 Å². The summed E-state index contributed by atoms with van der Waals surface area (Å²) in [4.78, 5) is 12.6. The summed E-state index contributed by atoms with van der Waals surface area (Å²) >= 11 is 0. The van der Waals surface area contributed by atoms with Gasteiger partial charge in [0.25, 0.3) is 5.69 Å². The highest BCUT2D eigenvalue weighted by Crippen LogP contribution is 2.28. The Balaban J connectivity index is 2.39. The molecule has 3 N–H and O–H groups in total.